The maximum atomic E-state index is 13.1. The van der Waals surface area contributed by atoms with E-state index in [2.05, 4.69) is 22.8 Å². The minimum absolute atomic E-state index is 0.00221. The first kappa shape index (κ1) is 26.6. The molecule has 0 radical (unpaired) electrons. The number of likely N-dealkylation sites (N-methyl/N-ethyl adjacent to an activating group) is 1. The average molecular weight is 501 g/mol. The van der Waals surface area contributed by atoms with E-state index >= 15 is 0 Å². The smallest absolute Gasteiger partial charge is 0.250 e. The Hall–Kier alpha value is -2.98. The summed E-state index contributed by atoms with van der Waals surface area (Å²) in [6.45, 7) is 6.15. The van der Waals surface area contributed by atoms with Crippen LogP contribution in [0.5, 0.6) is 0 Å². The minimum Gasteiger partial charge on any atom is -0.366 e. The number of primary amides is 1. The van der Waals surface area contributed by atoms with Crippen molar-refractivity contribution in [2.75, 3.05) is 38.1 Å². The van der Waals surface area contributed by atoms with Crippen molar-refractivity contribution in [1.82, 2.24) is 20.7 Å². The molecule has 0 aromatic heterocycles. The first-order valence-electron chi connectivity index (χ1n) is 11.6. The van der Waals surface area contributed by atoms with Crippen molar-refractivity contribution >= 4 is 35.0 Å². The monoisotopic (exact) mass is 500 g/mol. The standard InChI is InChI=1S/C25H33ClN6O3/c1-17(2)29-10-11-32(22-12-18(25(27)35)8-9-21(22)26)24(34)14-28-13-23(33)30(3)31-15-19-6-4-5-7-20(19)16-31/h4-9,12,17,28-29H,10-11,13-16H2,1-3H3,(H2,27,35). The van der Waals surface area contributed by atoms with Gasteiger partial charge < -0.3 is 16.0 Å². The summed E-state index contributed by atoms with van der Waals surface area (Å²) in [6, 6.07) is 12.9. The fraction of sp³-hybridized carbons (Fsp3) is 0.400. The lowest BCUT2D eigenvalue weighted by atomic mass is 10.1. The molecule has 0 fully saturated rings. The summed E-state index contributed by atoms with van der Waals surface area (Å²) in [4.78, 5) is 39.0. The predicted octanol–water partition coefficient (Wildman–Crippen LogP) is 1.75. The summed E-state index contributed by atoms with van der Waals surface area (Å²) < 4.78 is 0. The van der Waals surface area contributed by atoms with Gasteiger partial charge in [0.25, 0.3) is 5.91 Å². The number of amides is 3. The molecule has 0 unspecified atom stereocenters. The number of nitrogens with two attached hydrogens (primary N) is 1. The molecule has 10 heteroatoms. The van der Waals surface area contributed by atoms with Gasteiger partial charge in [-0.05, 0) is 29.3 Å². The Morgan fingerprint density at radius 2 is 1.69 bits per heavy atom. The maximum Gasteiger partial charge on any atom is 0.250 e. The first-order valence-corrected chi connectivity index (χ1v) is 12.0. The third-order valence-electron chi connectivity index (χ3n) is 5.87. The molecule has 0 aliphatic carbocycles. The topological polar surface area (TPSA) is 111 Å². The number of nitrogens with one attached hydrogen (secondary N) is 2. The zero-order valence-electron chi connectivity index (χ0n) is 20.4. The van der Waals surface area contributed by atoms with Crippen LogP contribution in [0.25, 0.3) is 0 Å². The van der Waals surface area contributed by atoms with Gasteiger partial charge in [-0.15, -0.1) is 0 Å². The lowest BCUT2D eigenvalue weighted by Gasteiger charge is -2.28. The molecule has 0 bridgehead atoms. The molecule has 2 aromatic rings. The van der Waals surface area contributed by atoms with Crippen LogP contribution in [0.1, 0.15) is 35.3 Å². The normalized spacial score (nSPS) is 13.1. The molecule has 188 valence electrons. The third kappa shape index (κ3) is 7.02. The number of carbonyl (C=O) groups is 3. The van der Waals surface area contributed by atoms with Gasteiger partial charge in [-0.1, -0.05) is 49.7 Å². The molecular weight excluding hydrogens is 468 g/mol. The van der Waals surface area contributed by atoms with Gasteiger partial charge in [-0.2, -0.15) is 0 Å². The summed E-state index contributed by atoms with van der Waals surface area (Å²) in [6.07, 6.45) is 0. The van der Waals surface area contributed by atoms with E-state index in [9.17, 15) is 14.4 Å². The fourth-order valence-corrected chi connectivity index (χ4v) is 4.11. The number of rotatable bonds is 11. The van der Waals surface area contributed by atoms with Gasteiger partial charge >= 0.3 is 0 Å². The Morgan fingerprint density at radius 3 is 2.29 bits per heavy atom. The number of nitrogens with zero attached hydrogens (tertiary/aromatic N) is 3. The number of fused-ring (bicyclic) bond motifs is 1. The molecule has 1 aliphatic rings. The zero-order valence-corrected chi connectivity index (χ0v) is 21.1. The fourth-order valence-electron chi connectivity index (χ4n) is 3.89. The summed E-state index contributed by atoms with van der Waals surface area (Å²) in [5.74, 6) is -1.03. The summed E-state index contributed by atoms with van der Waals surface area (Å²) >= 11 is 6.37. The second-order valence-corrected chi connectivity index (χ2v) is 9.20. The Kier molecular flexibility index (Phi) is 9.22. The summed E-state index contributed by atoms with van der Waals surface area (Å²) in [5, 5.41) is 10.1. The zero-order chi connectivity index (χ0) is 25.5. The molecule has 2 aromatic carbocycles. The van der Waals surface area contributed by atoms with Crippen LogP contribution < -0.4 is 21.3 Å². The Morgan fingerprint density at radius 1 is 1.06 bits per heavy atom. The highest BCUT2D eigenvalue weighted by atomic mass is 35.5. The first-order chi connectivity index (χ1) is 16.7. The largest absolute Gasteiger partial charge is 0.366 e. The summed E-state index contributed by atoms with van der Waals surface area (Å²) in [5.41, 5.74) is 8.48. The van der Waals surface area contributed by atoms with E-state index in [-0.39, 0.29) is 36.5 Å². The van der Waals surface area contributed by atoms with Gasteiger partial charge in [-0.3, -0.25) is 24.7 Å². The van der Waals surface area contributed by atoms with Crippen molar-refractivity contribution < 1.29 is 14.4 Å². The molecule has 0 spiro atoms. The van der Waals surface area contributed by atoms with Crippen LogP contribution in [0.3, 0.4) is 0 Å². The van der Waals surface area contributed by atoms with Gasteiger partial charge in [0.2, 0.25) is 11.8 Å². The molecular formula is C25H33ClN6O3. The molecule has 3 amide bonds. The molecule has 3 rings (SSSR count). The second-order valence-electron chi connectivity index (χ2n) is 8.80. The number of hydrogen-bond acceptors (Lipinski definition) is 6. The van der Waals surface area contributed by atoms with Gasteiger partial charge in [-0.25, -0.2) is 5.01 Å². The number of carbonyl (C=O) groups excluding carboxylic acids is 3. The summed E-state index contributed by atoms with van der Waals surface area (Å²) in [7, 11) is 1.73. The molecule has 1 aliphatic heterocycles. The molecule has 0 atom stereocenters. The highest BCUT2D eigenvalue weighted by Crippen LogP contribution is 2.27. The van der Waals surface area contributed by atoms with E-state index in [0.717, 1.165) is 0 Å². The van der Waals surface area contributed by atoms with Gasteiger partial charge in [0, 0.05) is 44.8 Å². The molecule has 1 heterocycles. The van der Waals surface area contributed by atoms with E-state index < -0.39 is 5.91 Å². The van der Waals surface area contributed by atoms with Crippen molar-refractivity contribution in [3.05, 3.63) is 64.2 Å². The number of halogens is 1. The van der Waals surface area contributed by atoms with Gasteiger partial charge in [0.1, 0.15) is 0 Å². The van der Waals surface area contributed by atoms with Crippen LogP contribution in [-0.4, -0.2) is 67.0 Å². The van der Waals surface area contributed by atoms with Crippen molar-refractivity contribution in [2.24, 2.45) is 5.73 Å². The van der Waals surface area contributed by atoms with Crippen LogP contribution >= 0.6 is 11.6 Å². The SMILES string of the molecule is CC(C)NCCN(C(=O)CNCC(=O)N(C)N1Cc2ccccc2C1)c1cc(C(N)=O)ccc1Cl. The number of anilines is 1. The quantitative estimate of drug-likeness (QED) is 0.433. The van der Waals surface area contributed by atoms with Crippen molar-refractivity contribution in [3.63, 3.8) is 0 Å². The molecule has 0 saturated carbocycles. The van der Waals surface area contributed by atoms with Crippen LogP contribution in [0.15, 0.2) is 42.5 Å². The average Bonchev–Trinajstić information content (AvgIpc) is 3.25. The number of benzene rings is 2. The Labute approximate surface area is 211 Å². The highest BCUT2D eigenvalue weighted by molar-refractivity contribution is 6.34. The highest BCUT2D eigenvalue weighted by Gasteiger charge is 2.25. The van der Waals surface area contributed by atoms with Gasteiger partial charge in [0.15, 0.2) is 0 Å². The van der Waals surface area contributed by atoms with Crippen LogP contribution in [-0.2, 0) is 22.7 Å². The Bertz CT molecular complexity index is 1050. The van der Waals surface area contributed by atoms with Crippen LogP contribution in [0, 0.1) is 0 Å². The molecule has 35 heavy (non-hydrogen) atoms. The second kappa shape index (κ2) is 12.1. The van der Waals surface area contributed by atoms with Gasteiger partial charge in [0.05, 0.1) is 23.8 Å². The third-order valence-corrected chi connectivity index (χ3v) is 6.19. The van der Waals surface area contributed by atoms with E-state index in [4.69, 9.17) is 17.3 Å². The molecule has 0 saturated heterocycles. The lowest BCUT2D eigenvalue weighted by Crippen LogP contribution is -2.47. The molecule has 4 N–H and O–H groups in total. The van der Waals surface area contributed by atoms with E-state index in [1.54, 1.807) is 18.1 Å². The minimum atomic E-state index is -0.605. The molecule has 9 nitrogen and oxygen atoms in total. The van der Waals surface area contributed by atoms with E-state index in [1.807, 2.05) is 31.0 Å². The maximum absolute atomic E-state index is 13.1. The number of hydrazine groups is 1. The Balaban J connectivity index is 1.60. The van der Waals surface area contributed by atoms with E-state index in [1.165, 1.54) is 28.2 Å². The van der Waals surface area contributed by atoms with Crippen molar-refractivity contribution in [2.45, 2.75) is 33.0 Å². The van der Waals surface area contributed by atoms with Crippen LogP contribution in [0.2, 0.25) is 5.02 Å². The predicted molar refractivity (Wildman–Crippen MR) is 137 cm³/mol. The van der Waals surface area contributed by atoms with E-state index in [0.29, 0.717) is 36.9 Å². The van der Waals surface area contributed by atoms with Crippen LogP contribution in [0.4, 0.5) is 5.69 Å². The van der Waals surface area contributed by atoms with Crippen molar-refractivity contribution in [1.29, 1.82) is 0 Å². The lowest BCUT2D eigenvalue weighted by molar-refractivity contribution is -0.145. The van der Waals surface area contributed by atoms with Crippen molar-refractivity contribution in [3.8, 4) is 0 Å². The number of hydrogen-bond donors (Lipinski definition) is 3.